The Morgan fingerprint density at radius 3 is 2.39 bits per heavy atom. The Kier molecular flexibility index (Phi) is 6.94. The van der Waals surface area contributed by atoms with Gasteiger partial charge in [0.2, 0.25) is 5.75 Å². The number of aromatic nitrogens is 2. The van der Waals surface area contributed by atoms with Crippen LogP contribution < -0.4 is 20.1 Å². The lowest BCUT2D eigenvalue weighted by molar-refractivity contribution is 0.0684. The second-order valence-electron chi connectivity index (χ2n) is 9.96. The molecule has 2 fully saturated rings. The quantitative estimate of drug-likeness (QED) is 0.506. The fourth-order valence-electron chi connectivity index (χ4n) is 4.89. The zero-order valence-corrected chi connectivity index (χ0v) is 21.8. The molecule has 0 bridgehead atoms. The molecular formula is C27H32N6O5. The van der Waals surface area contributed by atoms with Gasteiger partial charge in [0.05, 0.1) is 11.4 Å². The number of likely N-dealkylation sites (N-methyl/N-ethyl adjacent to an activating group) is 1. The van der Waals surface area contributed by atoms with Crippen LogP contribution in [0.1, 0.15) is 29.9 Å². The molecule has 200 valence electrons. The minimum Gasteiger partial charge on any atom is -0.481 e. The third-order valence-electron chi connectivity index (χ3n) is 7.10. The highest BCUT2D eigenvalue weighted by Crippen LogP contribution is 2.31. The smallest absolute Gasteiger partial charge is 0.358 e. The zero-order chi connectivity index (χ0) is 27.0. The normalized spacial score (nSPS) is 16.6. The number of carboxylic acids is 1. The standard InChI is InChI=1S/C27H32N6O5/c1-18(2)31-13-14-32(27(31)37)21-15-20(30-11-9-29(3)10-12-30)16-33-24(21)28-22(26(35)36)23(25(33)34)38-17-19-7-5-4-6-8-19/h4-8,15-16,18H,9-14,17H2,1-3H3,(H,35,36). The Bertz CT molecular complexity index is 1410. The highest BCUT2D eigenvalue weighted by molar-refractivity contribution is 5.99. The molecule has 11 nitrogen and oxygen atoms in total. The second kappa shape index (κ2) is 10.3. The van der Waals surface area contributed by atoms with Gasteiger partial charge in [-0.3, -0.25) is 14.1 Å². The summed E-state index contributed by atoms with van der Waals surface area (Å²) in [6, 6.07) is 10.8. The van der Waals surface area contributed by atoms with Crippen LogP contribution >= 0.6 is 0 Å². The molecule has 2 aliphatic heterocycles. The molecule has 2 saturated heterocycles. The number of aromatic carboxylic acids is 1. The lowest BCUT2D eigenvalue weighted by Crippen LogP contribution is -2.44. The maximum atomic E-state index is 13.8. The van der Waals surface area contributed by atoms with E-state index in [1.807, 2.05) is 50.2 Å². The van der Waals surface area contributed by atoms with Gasteiger partial charge in [0, 0.05) is 51.5 Å². The maximum absolute atomic E-state index is 13.8. The summed E-state index contributed by atoms with van der Waals surface area (Å²) in [6.07, 6.45) is 1.67. The van der Waals surface area contributed by atoms with Crippen molar-refractivity contribution in [3.05, 3.63) is 64.2 Å². The van der Waals surface area contributed by atoms with Crippen molar-refractivity contribution < 1.29 is 19.4 Å². The molecule has 0 unspecified atom stereocenters. The number of benzene rings is 1. The molecule has 0 radical (unpaired) electrons. The largest absolute Gasteiger partial charge is 0.481 e. The van der Waals surface area contributed by atoms with Crippen LogP contribution in [-0.2, 0) is 6.61 Å². The van der Waals surface area contributed by atoms with Crippen LogP contribution in [-0.4, -0.2) is 88.6 Å². The van der Waals surface area contributed by atoms with E-state index in [-0.39, 0.29) is 30.1 Å². The van der Waals surface area contributed by atoms with Crippen molar-refractivity contribution >= 4 is 29.0 Å². The number of urea groups is 1. The van der Waals surface area contributed by atoms with Gasteiger partial charge in [-0.1, -0.05) is 30.3 Å². The number of nitrogens with zero attached hydrogens (tertiary/aromatic N) is 6. The average Bonchev–Trinajstić information content (AvgIpc) is 3.29. The van der Waals surface area contributed by atoms with Gasteiger partial charge in [-0.25, -0.2) is 14.6 Å². The number of carboxylic acid groups (broad SMARTS) is 1. The van der Waals surface area contributed by atoms with E-state index in [1.165, 1.54) is 4.40 Å². The first-order chi connectivity index (χ1) is 18.2. The van der Waals surface area contributed by atoms with Gasteiger partial charge < -0.3 is 24.5 Å². The first-order valence-electron chi connectivity index (χ1n) is 12.8. The summed E-state index contributed by atoms with van der Waals surface area (Å²) in [4.78, 5) is 51.4. The van der Waals surface area contributed by atoms with E-state index in [0.29, 0.717) is 18.8 Å². The van der Waals surface area contributed by atoms with Crippen LogP contribution in [0.5, 0.6) is 5.75 Å². The van der Waals surface area contributed by atoms with Crippen LogP contribution in [0, 0.1) is 0 Å². The van der Waals surface area contributed by atoms with E-state index in [0.717, 1.165) is 37.4 Å². The lowest BCUT2D eigenvalue weighted by Gasteiger charge is -2.34. The van der Waals surface area contributed by atoms with Crippen molar-refractivity contribution in [2.75, 3.05) is 56.1 Å². The number of ether oxygens (including phenoxy) is 1. The molecule has 3 aromatic rings. The maximum Gasteiger partial charge on any atom is 0.358 e. The molecule has 5 rings (SSSR count). The molecule has 1 N–H and O–H groups in total. The Hall–Kier alpha value is -4.12. The lowest BCUT2D eigenvalue weighted by atomic mass is 10.2. The number of piperazine rings is 1. The number of hydrogen-bond donors (Lipinski definition) is 1. The number of hydrogen-bond acceptors (Lipinski definition) is 7. The highest BCUT2D eigenvalue weighted by atomic mass is 16.5. The number of fused-ring (bicyclic) bond motifs is 1. The molecule has 38 heavy (non-hydrogen) atoms. The molecule has 1 aromatic carbocycles. The zero-order valence-electron chi connectivity index (χ0n) is 21.8. The molecule has 2 amide bonds. The van der Waals surface area contributed by atoms with Crippen LogP contribution in [0.15, 0.2) is 47.4 Å². The number of rotatable bonds is 7. The van der Waals surface area contributed by atoms with Crippen LogP contribution in [0.4, 0.5) is 16.2 Å². The third kappa shape index (κ3) is 4.76. The number of pyridine rings is 1. The first-order valence-corrected chi connectivity index (χ1v) is 12.8. The molecule has 4 heterocycles. The van der Waals surface area contributed by atoms with Gasteiger partial charge in [0.25, 0.3) is 0 Å². The molecule has 2 aliphatic rings. The summed E-state index contributed by atoms with van der Waals surface area (Å²) in [5.41, 5.74) is 0.953. The molecule has 11 heteroatoms. The number of carbonyl (C=O) groups excluding carboxylic acids is 1. The molecule has 0 aliphatic carbocycles. The van der Waals surface area contributed by atoms with Gasteiger partial charge in [-0.05, 0) is 32.5 Å². The van der Waals surface area contributed by atoms with E-state index in [1.54, 1.807) is 16.0 Å². The summed E-state index contributed by atoms with van der Waals surface area (Å²) in [7, 11) is 2.06. The topological polar surface area (TPSA) is 111 Å². The van der Waals surface area contributed by atoms with Gasteiger partial charge in [0.1, 0.15) is 6.61 Å². The summed E-state index contributed by atoms with van der Waals surface area (Å²) in [5, 5.41) is 9.96. The highest BCUT2D eigenvalue weighted by Gasteiger charge is 2.34. The molecule has 0 atom stereocenters. The summed E-state index contributed by atoms with van der Waals surface area (Å²) >= 11 is 0. The molecule has 0 spiro atoms. The monoisotopic (exact) mass is 520 g/mol. The first kappa shape index (κ1) is 25.5. The van der Waals surface area contributed by atoms with E-state index < -0.39 is 17.2 Å². The van der Waals surface area contributed by atoms with E-state index in [9.17, 15) is 19.5 Å². The Labute approximate surface area is 220 Å². The summed E-state index contributed by atoms with van der Waals surface area (Å²) in [5.74, 6) is -1.71. The minimum atomic E-state index is -1.38. The predicted octanol–water partition coefficient (Wildman–Crippen LogP) is 2.37. The van der Waals surface area contributed by atoms with Gasteiger partial charge in [-0.2, -0.15) is 0 Å². The van der Waals surface area contributed by atoms with Crippen molar-refractivity contribution in [3.63, 3.8) is 0 Å². The van der Waals surface area contributed by atoms with Crippen molar-refractivity contribution in [1.82, 2.24) is 19.2 Å². The fraction of sp³-hybridized carbons (Fsp3) is 0.407. The van der Waals surface area contributed by atoms with Crippen LogP contribution in [0.3, 0.4) is 0 Å². The van der Waals surface area contributed by atoms with E-state index >= 15 is 0 Å². The Morgan fingerprint density at radius 1 is 1.05 bits per heavy atom. The third-order valence-corrected chi connectivity index (χ3v) is 7.10. The van der Waals surface area contributed by atoms with Gasteiger partial charge >= 0.3 is 17.6 Å². The number of amides is 2. The minimum absolute atomic E-state index is 0.00262. The van der Waals surface area contributed by atoms with E-state index in [2.05, 4.69) is 21.8 Å². The van der Waals surface area contributed by atoms with Crippen molar-refractivity contribution in [3.8, 4) is 5.75 Å². The average molecular weight is 521 g/mol. The van der Waals surface area contributed by atoms with Crippen molar-refractivity contribution in [2.24, 2.45) is 0 Å². The predicted molar refractivity (Wildman–Crippen MR) is 143 cm³/mol. The summed E-state index contributed by atoms with van der Waals surface area (Å²) in [6.45, 7) is 8.05. The molecule has 2 aromatic heterocycles. The Morgan fingerprint density at radius 2 is 1.76 bits per heavy atom. The number of carbonyl (C=O) groups is 2. The van der Waals surface area contributed by atoms with E-state index in [4.69, 9.17) is 4.74 Å². The second-order valence-corrected chi connectivity index (χ2v) is 9.96. The van der Waals surface area contributed by atoms with Gasteiger partial charge in [-0.15, -0.1) is 0 Å². The Balaban J connectivity index is 1.66. The van der Waals surface area contributed by atoms with Crippen LogP contribution in [0.2, 0.25) is 0 Å². The SMILES string of the molecule is CC(C)N1CCN(c2cc(N3CCN(C)CC3)cn3c(=O)c(OCc4ccccc4)c(C(=O)O)nc23)C1=O. The van der Waals surface area contributed by atoms with Crippen molar-refractivity contribution in [1.29, 1.82) is 0 Å². The summed E-state index contributed by atoms with van der Waals surface area (Å²) < 4.78 is 7.09. The van der Waals surface area contributed by atoms with Gasteiger partial charge in [0.15, 0.2) is 11.3 Å². The molecule has 0 saturated carbocycles. The van der Waals surface area contributed by atoms with Crippen LogP contribution in [0.25, 0.3) is 5.65 Å². The number of anilines is 2. The van der Waals surface area contributed by atoms with Crippen molar-refractivity contribution in [2.45, 2.75) is 26.5 Å². The fourth-order valence-corrected chi connectivity index (χ4v) is 4.89. The molecular weight excluding hydrogens is 488 g/mol.